The molecule has 80 heavy (non-hydrogen) atoms. The second-order valence-electron chi connectivity index (χ2n) is 21.3. The third kappa shape index (κ3) is 19.8. The monoisotopic (exact) mass is 1160 g/mol. The van der Waals surface area contributed by atoms with Crippen molar-refractivity contribution in [2.75, 3.05) is 19.6 Å². The molecule has 3 heterocycles. The van der Waals surface area contributed by atoms with Gasteiger partial charge in [-0.15, -0.1) is 0 Å². The normalized spacial score (nSPS) is 27.7. The van der Waals surface area contributed by atoms with Gasteiger partial charge in [0.15, 0.2) is 12.8 Å². The third-order valence-corrected chi connectivity index (χ3v) is 14.7. The van der Waals surface area contributed by atoms with E-state index in [1.807, 2.05) is 0 Å². The van der Waals surface area contributed by atoms with E-state index in [0.717, 1.165) is 50.3 Å². The Morgan fingerprint density at radius 3 is 1.96 bits per heavy atom. The summed E-state index contributed by atoms with van der Waals surface area (Å²) in [5, 5.41) is 101. The van der Waals surface area contributed by atoms with E-state index in [0.29, 0.717) is 29.6 Å². The molecular formula is C52H84ClN9O18. The molecule has 4 rings (SSSR count). The molecule has 8 amide bonds. The fourth-order valence-electron chi connectivity index (χ4n) is 10.0. The van der Waals surface area contributed by atoms with Crippen LogP contribution in [0.1, 0.15) is 129 Å². The molecule has 452 valence electrons. The number of benzene rings is 1. The molecule has 2 unspecified atom stereocenters. The first kappa shape index (κ1) is 68.7. The minimum atomic E-state index is -2.40. The summed E-state index contributed by atoms with van der Waals surface area (Å²) in [6.07, 6.45) is -10.5. The van der Waals surface area contributed by atoms with Crippen LogP contribution in [0.2, 0.25) is 0 Å². The lowest BCUT2D eigenvalue weighted by molar-refractivity contribution is -0.358. The van der Waals surface area contributed by atoms with Crippen LogP contribution >= 0.6 is 0 Å². The molecule has 0 spiro atoms. The number of primary amides is 1. The molecule has 3 aliphatic rings. The maximum absolute atomic E-state index is 14.5. The number of ether oxygens (including phenoxy) is 1. The predicted molar refractivity (Wildman–Crippen MR) is 277 cm³/mol. The summed E-state index contributed by atoms with van der Waals surface area (Å²) in [6.45, 7) is 6.48. The number of nitrogens with zero attached hydrogens (tertiary/aromatic N) is 2. The Bertz CT molecular complexity index is 2250. The van der Waals surface area contributed by atoms with Crippen molar-refractivity contribution in [2.45, 2.75) is 203 Å². The lowest BCUT2D eigenvalue weighted by atomic mass is 9.91. The summed E-state index contributed by atoms with van der Waals surface area (Å²) in [7, 11) is 0. The van der Waals surface area contributed by atoms with Gasteiger partial charge in [-0.25, -0.2) is 4.79 Å². The van der Waals surface area contributed by atoms with Crippen molar-refractivity contribution in [3.8, 4) is 5.75 Å². The molecule has 0 aromatic heterocycles. The first-order chi connectivity index (χ1) is 37.3. The minimum absolute atomic E-state index is 0. The van der Waals surface area contributed by atoms with Crippen molar-refractivity contribution in [1.82, 2.24) is 36.4 Å². The Kier molecular flexibility index (Phi) is 28.1. The summed E-state index contributed by atoms with van der Waals surface area (Å²) in [5.41, 5.74) is 8.63. The average Bonchev–Trinajstić information content (AvgIpc) is 3.99. The molecule has 0 radical (unpaired) electrons. The van der Waals surface area contributed by atoms with Crippen LogP contribution in [0.15, 0.2) is 24.3 Å². The largest absolute Gasteiger partial charge is 1.00 e. The van der Waals surface area contributed by atoms with Gasteiger partial charge in [-0.2, -0.15) is 0 Å². The maximum atomic E-state index is 14.5. The van der Waals surface area contributed by atoms with E-state index < -0.39 is 171 Å². The van der Waals surface area contributed by atoms with Crippen LogP contribution in [0.5, 0.6) is 5.75 Å². The van der Waals surface area contributed by atoms with Crippen LogP contribution in [-0.2, 0) is 43.2 Å². The first-order valence-electron chi connectivity index (χ1n) is 27.2. The number of carbonyl (C=O) groups is 9. The van der Waals surface area contributed by atoms with E-state index in [1.54, 1.807) is 0 Å². The molecular weight excluding hydrogens is 1070 g/mol. The van der Waals surface area contributed by atoms with Crippen molar-refractivity contribution < 1.29 is 107 Å². The zero-order valence-electron chi connectivity index (χ0n) is 45.8. The Balaban J connectivity index is 0.0000168. The van der Waals surface area contributed by atoms with Gasteiger partial charge in [0.2, 0.25) is 47.3 Å². The smallest absolute Gasteiger partial charge is 0.366 e. The van der Waals surface area contributed by atoms with Gasteiger partial charge in [0.05, 0.1) is 30.8 Å². The van der Waals surface area contributed by atoms with Gasteiger partial charge in [0.25, 0.3) is 0 Å². The molecule has 1 aromatic carbocycles. The second-order valence-corrected chi connectivity index (χ2v) is 21.3. The first-order valence-corrected chi connectivity index (χ1v) is 27.2. The van der Waals surface area contributed by atoms with E-state index in [2.05, 4.69) is 53.1 Å². The number of hydrogen-bond donors (Lipinski definition) is 15. The van der Waals surface area contributed by atoms with Crippen molar-refractivity contribution in [2.24, 2.45) is 17.6 Å². The van der Waals surface area contributed by atoms with Crippen molar-refractivity contribution in [3.63, 3.8) is 0 Å². The number of aliphatic hydroxyl groups is 8. The van der Waals surface area contributed by atoms with Gasteiger partial charge < -0.3 is 106 Å². The Hall–Kier alpha value is -5.62. The zero-order chi connectivity index (χ0) is 58.8. The second kappa shape index (κ2) is 32.7. The molecule has 1 aromatic rings. The van der Waals surface area contributed by atoms with Crippen LogP contribution in [0.3, 0.4) is 0 Å². The van der Waals surface area contributed by atoms with Crippen LogP contribution in [0.4, 0.5) is 0 Å². The van der Waals surface area contributed by atoms with E-state index in [-0.39, 0.29) is 43.1 Å². The highest BCUT2D eigenvalue weighted by Gasteiger charge is 2.49. The minimum Gasteiger partial charge on any atom is -1.00 e. The summed E-state index contributed by atoms with van der Waals surface area (Å²) in [6, 6.07) is -7.28. The van der Waals surface area contributed by atoms with E-state index in [4.69, 9.17) is 10.5 Å². The van der Waals surface area contributed by atoms with Crippen LogP contribution in [-0.4, -0.2) is 203 Å². The van der Waals surface area contributed by atoms with Gasteiger partial charge in [-0.05, 0) is 55.7 Å². The number of carbonyl (C=O) groups excluding carboxylic acids is 9. The zero-order valence-corrected chi connectivity index (χ0v) is 46.5. The molecule has 3 saturated heterocycles. The summed E-state index contributed by atoms with van der Waals surface area (Å²) < 4.78 is 5.09. The van der Waals surface area contributed by atoms with Crippen molar-refractivity contribution >= 4 is 53.2 Å². The number of unbranched alkanes of at least 4 members (excludes halogenated alkanes) is 5. The highest BCUT2D eigenvalue weighted by atomic mass is 35.5. The Morgan fingerprint density at radius 2 is 1.35 bits per heavy atom. The SMILES string of the molecule is CCC(C)CC(C)CCCCCCCCC(=O)N[C@H]1C[C@@H](O)[C@@H](O)NC(=O)[C@@H]2[C@@H](O)CCN2C(=O)[C@H]([C@H](O)CC(N)=O)NC(=O)[C@H]([C@H](O)[C@@H](O)c2ccc(OC(=O)C[NH3+])cc2)NC(=O)[C@@H]2C[C@@H](O)CN2C(=O)[C@H]([C@@H](C)O)NC1=O.[Cl-]. The Labute approximate surface area is 470 Å². The van der Waals surface area contributed by atoms with E-state index >= 15 is 0 Å². The van der Waals surface area contributed by atoms with Gasteiger partial charge in [-0.1, -0.05) is 77.8 Å². The lowest BCUT2D eigenvalue weighted by Crippen LogP contribution is -3.00. The third-order valence-electron chi connectivity index (χ3n) is 14.7. The van der Waals surface area contributed by atoms with Crippen molar-refractivity contribution in [3.05, 3.63) is 29.8 Å². The Morgan fingerprint density at radius 1 is 0.750 bits per heavy atom. The summed E-state index contributed by atoms with van der Waals surface area (Å²) in [5.74, 6) is -9.17. The standard InChI is InChI=1S/C52H83N9O18.ClH/c1-5-26(2)20-27(3)12-10-8-6-7-9-11-13-38(68)55-32-22-36(66)48(74)59-50(76)43-34(64)18-19-60(43)52(78)41(35(65)23-37(54)67)57-49(75)42(45(71)44(70)29-14-16-31(17-15-29)79-39(69)24-53)58-47(73)33-21-30(63)25-61(33)51(77)40(28(4)62)56-46(32)72;/h14-17,26-28,30,32-36,40-45,48,62-66,70-71,74H,5-13,18-25,53H2,1-4H3,(H2,54,67)(H,55,68)(H,56,72)(H,57,75)(H,58,73)(H,59,76);1H/t26?,27?,28-,30-,32+,33+,34+,35-,36-,40+,41+,42+,43+,44+,45+,48-;/m1./s1. The highest BCUT2D eigenvalue weighted by Crippen LogP contribution is 2.27. The van der Waals surface area contributed by atoms with Crippen molar-refractivity contribution in [1.29, 1.82) is 0 Å². The van der Waals surface area contributed by atoms with Gasteiger partial charge in [-0.3, -0.25) is 38.4 Å². The fraction of sp³-hybridized carbons (Fsp3) is 0.712. The topological polar surface area (TPSA) is 445 Å². The number of amides is 8. The van der Waals surface area contributed by atoms with E-state index in [1.165, 1.54) is 30.7 Å². The van der Waals surface area contributed by atoms with E-state index in [9.17, 15) is 84.0 Å². The van der Waals surface area contributed by atoms with Gasteiger partial charge in [0.1, 0.15) is 60.3 Å². The number of nitrogens with one attached hydrogen (secondary N) is 5. The molecule has 0 aliphatic carbocycles. The van der Waals surface area contributed by atoms with Crippen LogP contribution in [0.25, 0.3) is 0 Å². The summed E-state index contributed by atoms with van der Waals surface area (Å²) in [4.78, 5) is 125. The average molecular weight is 1160 g/mol. The lowest BCUT2D eigenvalue weighted by Gasteiger charge is -2.34. The number of halogens is 1. The molecule has 16 atom stereocenters. The number of aliphatic hydroxyl groups excluding tert-OH is 8. The molecule has 27 nitrogen and oxygen atoms in total. The number of rotatable bonds is 22. The van der Waals surface area contributed by atoms with Gasteiger partial charge in [0, 0.05) is 32.4 Å². The molecule has 0 saturated carbocycles. The molecule has 28 heteroatoms. The number of hydrogen-bond acceptors (Lipinski definition) is 18. The quantitative estimate of drug-likeness (QED) is 0.0291. The fourth-order valence-corrected chi connectivity index (χ4v) is 10.0. The molecule has 3 fully saturated rings. The van der Waals surface area contributed by atoms with Crippen LogP contribution < -0.4 is 55.2 Å². The number of fused-ring (bicyclic) bond motifs is 2. The number of quaternary nitrogens is 1. The summed E-state index contributed by atoms with van der Waals surface area (Å²) >= 11 is 0. The molecule has 3 aliphatic heterocycles. The molecule has 18 N–H and O–H groups in total. The predicted octanol–water partition coefficient (Wildman–Crippen LogP) is -7.90. The highest BCUT2D eigenvalue weighted by molar-refractivity contribution is 5.98. The number of esters is 1. The number of nitrogens with two attached hydrogens (primary N) is 1. The van der Waals surface area contributed by atoms with Crippen LogP contribution in [0, 0.1) is 11.8 Å². The molecule has 0 bridgehead atoms. The van der Waals surface area contributed by atoms with Gasteiger partial charge >= 0.3 is 5.97 Å². The maximum Gasteiger partial charge on any atom is 0.366 e.